The first kappa shape index (κ1) is 16.9. The van der Waals surface area contributed by atoms with Crippen molar-refractivity contribution in [2.24, 2.45) is 0 Å². The molecule has 6 nitrogen and oxygen atoms in total. The number of aromatic nitrogens is 2. The van der Waals surface area contributed by atoms with Gasteiger partial charge in [-0.25, -0.2) is 12.8 Å². The van der Waals surface area contributed by atoms with E-state index in [1.54, 1.807) is 18.6 Å². The second-order valence-electron chi connectivity index (χ2n) is 5.53. The summed E-state index contributed by atoms with van der Waals surface area (Å²) in [6.45, 7) is 0.966. The summed E-state index contributed by atoms with van der Waals surface area (Å²) in [6, 6.07) is 4.61. The number of sulfonamides is 1. The molecular formula is C16H18FN3O3S. The largest absolute Gasteiger partial charge is 0.378 e. The molecule has 0 saturated carbocycles. The maximum Gasteiger partial charge on any atom is 0.243 e. The first-order chi connectivity index (χ1) is 11.6. The van der Waals surface area contributed by atoms with Crippen LogP contribution in [0.2, 0.25) is 0 Å². The van der Waals surface area contributed by atoms with Crippen molar-refractivity contribution in [3.63, 3.8) is 0 Å². The van der Waals surface area contributed by atoms with Crippen molar-refractivity contribution < 1.29 is 17.5 Å². The first-order valence-electron chi connectivity index (χ1n) is 7.67. The molecule has 0 amide bonds. The highest BCUT2D eigenvalue weighted by atomic mass is 32.2. The van der Waals surface area contributed by atoms with Crippen molar-refractivity contribution in [1.82, 2.24) is 14.3 Å². The van der Waals surface area contributed by atoms with Gasteiger partial charge in [0.15, 0.2) is 0 Å². The summed E-state index contributed by atoms with van der Waals surface area (Å²) in [5, 5.41) is 0. The highest BCUT2D eigenvalue weighted by Gasteiger charge is 2.33. The highest BCUT2D eigenvalue weighted by molar-refractivity contribution is 7.89. The Labute approximate surface area is 140 Å². The Morgan fingerprint density at radius 1 is 1.25 bits per heavy atom. The summed E-state index contributed by atoms with van der Waals surface area (Å²) in [4.78, 5) is 8.31. The maximum atomic E-state index is 13.1. The van der Waals surface area contributed by atoms with Crippen LogP contribution in [0.15, 0.2) is 47.8 Å². The molecular weight excluding hydrogens is 333 g/mol. The number of hydrogen-bond donors (Lipinski definition) is 0. The molecule has 0 radical (unpaired) electrons. The minimum atomic E-state index is -3.68. The number of rotatable bonds is 5. The minimum Gasteiger partial charge on any atom is -0.378 e. The molecule has 1 atom stereocenters. The molecule has 0 unspecified atom stereocenters. The molecule has 8 heteroatoms. The molecule has 3 rings (SSSR count). The van der Waals surface area contributed by atoms with Crippen LogP contribution < -0.4 is 0 Å². The SMILES string of the molecule is O=S(=O)(c1ccc(F)cc1)N1CCOC[C@H]1CCc1cnccn1. The predicted molar refractivity (Wildman–Crippen MR) is 85.3 cm³/mol. The smallest absolute Gasteiger partial charge is 0.243 e. The summed E-state index contributed by atoms with van der Waals surface area (Å²) < 4.78 is 45.6. The molecule has 1 saturated heterocycles. The van der Waals surface area contributed by atoms with E-state index in [1.165, 1.54) is 16.4 Å². The predicted octanol–water partition coefficient (Wildman–Crippen LogP) is 1.64. The molecule has 2 aromatic rings. The fourth-order valence-corrected chi connectivity index (χ4v) is 4.32. The van der Waals surface area contributed by atoms with E-state index in [0.29, 0.717) is 26.1 Å². The van der Waals surface area contributed by atoms with Crippen LogP contribution in [0.25, 0.3) is 0 Å². The third kappa shape index (κ3) is 3.77. The average molecular weight is 351 g/mol. The second kappa shape index (κ2) is 7.33. The topological polar surface area (TPSA) is 72.4 Å². The highest BCUT2D eigenvalue weighted by Crippen LogP contribution is 2.23. The third-order valence-corrected chi connectivity index (χ3v) is 5.91. The Bertz CT molecular complexity index is 769. The van der Waals surface area contributed by atoms with Gasteiger partial charge in [-0.1, -0.05) is 0 Å². The van der Waals surface area contributed by atoms with Crippen LogP contribution in [0.5, 0.6) is 0 Å². The normalized spacial score (nSPS) is 19.3. The van der Waals surface area contributed by atoms with Gasteiger partial charge in [-0.15, -0.1) is 0 Å². The van der Waals surface area contributed by atoms with Gasteiger partial charge < -0.3 is 4.74 Å². The van der Waals surface area contributed by atoms with Crippen molar-refractivity contribution in [2.45, 2.75) is 23.8 Å². The lowest BCUT2D eigenvalue weighted by Crippen LogP contribution is -2.48. The van der Waals surface area contributed by atoms with Gasteiger partial charge in [0.05, 0.1) is 23.8 Å². The third-order valence-electron chi connectivity index (χ3n) is 3.94. The summed E-state index contributed by atoms with van der Waals surface area (Å²) in [5.74, 6) is -0.463. The van der Waals surface area contributed by atoms with Crippen molar-refractivity contribution in [2.75, 3.05) is 19.8 Å². The van der Waals surface area contributed by atoms with E-state index in [1.807, 2.05) is 0 Å². The van der Waals surface area contributed by atoms with Crippen LogP contribution in [0.3, 0.4) is 0 Å². The number of aryl methyl sites for hydroxylation is 1. The standard InChI is InChI=1S/C16H18FN3O3S/c17-13-1-5-16(6-2-13)24(21,22)20-9-10-23-12-15(20)4-3-14-11-18-7-8-19-14/h1-2,5-8,11,15H,3-4,9-10,12H2/t15-/m1/s1. The molecule has 0 aliphatic carbocycles. The van der Waals surface area contributed by atoms with Crippen LogP contribution in [0.1, 0.15) is 12.1 Å². The van der Waals surface area contributed by atoms with E-state index >= 15 is 0 Å². The van der Waals surface area contributed by atoms with E-state index < -0.39 is 15.8 Å². The van der Waals surface area contributed by atoms with Crippen molar-refractivity contribution in [3.8, 4) is 0 Å². The van der Waals surface area contributed by atoms with E-state index in [4.69, 9.17) is 4.74 Å². The minimum absolute atomic E-state index is 0.0929. The zero-order valence-corrected chi connectivity index (χ0v) is 13.8. The monoisotopic (exact) mass is 351 g/mol. The summed E-state index contributed by atoms with van der Waals surface area (Å²) >= 11 is 0. The van der Waals surface area contributed by atoms with E-state index in [9.17, 15) is 12.8 Å². The zero-order valence-electron chi connectivity index (χ0n) is 13.0. The summed E-state index contributed by atoms with van der Waals surface area (Å²) in [5.41, 5.74) is 0.808. The van der Waals surface area contributed by atoms with E-state index in [0.717, 1.165) is 17.8 Å². The Hall–Kier alpha value is -1.90. The van der Waals surface area contributed by atoms with Gasteiger partial charge in [-0.05, 0) is 37.1 Å². The number of hydrogen-bond acceptors (Lipinski definition) is 5. The number of ether oxygens (including phenoxy) is 1. The molecule has 1 fully saturated rings. The molecule has 1 aromatic carbocycles. The second-order valence-corrected chi connectivity index (χ2v) is 7.42. The van der Waals surface area contributed by atoms with E-state index in [2.05, 4.69) is 9.97 Å². The Morgan fingerprint density at radius 2 is 2.04 bits per heavy atom. The van der Waals surface area contributed by atoms with Crippen LogP contribution in [0.4, 0.5) is 4.39 Å². The van der Waals surface area contributed by atoms with Crippen molar-refractivity contribution in [3.05, 3.63) is 54.4 Å². The van der Waals surface area contributed by atoms with Gasteiger partial charge >= 0.3 is 0 Å². The Kier molecular flexibility index (Phi) is 5.17. The van der Waals surface area contributed by atoms with Crippen LogP contribution in [0, 0.1) is 5.82 Å². The quantitative estimate of drug-likeness (QED) is 0.819. The molecule has 1 aliphatic rings. The van der Waals surface area contributed by atoms with Crippen molar-refractivity contribution in [1.29, 1.82) is 0 Å². The van der Waals surface area contributed by atoms with Gasteiger partial charge in [-0.3, -0.25) is 9.97 Å². The van der Waals surface area contributed by atoms with Crippen LogP contribution in [-0.4, -0.2) is 48.5 Å². The molecule has 1 aromatic heterocycles. The molecule has 1 aliphatic heterocycles. The zero-order chi connectivity index (χ0) is 17.0. The van der Waals surface area contributed by atoms with Gasteiger partial charge in [0.2, 0.25) is 10.0 Å². The number of halogens is 1. The maximum absolute atomic E-state index is 13.1. The molecule has 24 heavy (non-hydrogen) atoms. The average Bonchev–Trinajstić information content (AvgIpc) is 2.61. The Balaban J connectivity index is 1.77. The van der Waals surface area contributed by atoms with Gasteiger partial charge in [0, 0.05) is 31.2 Å². The lowest BCUT2D eigenvalue weighted by atomic mass is 10.1. The fraction of sp³-hybridized carbons (Fsp3) is 0.375. The summed E-state index contributed by atoms with van der Waals surface area (Å²) in [6.07, 6.45) is 6.07. The number of benzene rings is 1. The fourth-order valence-electron chi connectivity index (χ4n) is 2.70. The molecule has 0 N–H and O–H groups in total. The van der Waals surface area contributed by atoms with Gasteiger partial charge in [-0.2, -0.15) is 4.31 Å². The number of morpholine rings is 1. The molecule has 0 spiro atoms. The number of nitrogens with zero attached hydrogens (tertiary/aromatic N) is 3. The van der Waals surface area contributed by atoms with Crippen molar-refractivity contribution >= 4 is 10.0 Å². The van der Waals surface area contributed by atoms with Crippen LogP contribution in [-0.2, 0) is 21.2 Å². The first-order valence-corrected chi connectivity index (χ1v) is 9.11. The molecule has 128 valence electrons. The lowest BCUT2D eigenvalue weighted by molar-refractivity contribution is 0.0297. The van der Waals surface area contributed by atoms with E-state index in [-0.39, 0.29) is 17.5 Å². The lowest BCUT2D eigenvalue weighted by Gasteiger charge is -2.34. The van der Waals surface area contributed by atoms with Gasteiger partial charge in [0.1, 0.15) is 5.82 Å². The Morgan fingerprint density at radius 3 is 2.75 bits per heavy atom. The van der Waals surface area contributed by atoms with Crippen LogP contribution >= 0.6 is 0 Å². The van der Waals surface area contributed by atoms with Gasteiger partial charge in [0.25, 0.3) is 0 Å². The summed E-state index contributed by atoms with van der Waals surface area (Å²) in [7, 11) is -3.68. The molecule has 0 bridgehead atoms. The molecule has 2 heterocycles.